The summed E-state index contributed by atoms with van der Waals surface area (Å²) >= 11 is 0. The van der Waals surface area contributed by atoms with Crippen molar-refractivity contribution in [3.05, 3.63) is 17.5 Å². The Labute approximate surface area is 101 Å². The molecular formula is C11H19N5O. The topological polar surface area (TPSA) is 62.2 Å². The van der Waals surface area contributed by atoms with E-state index < -0.39 is 0 Å². The van der Waals surface area contributed by atoms with Gasteiger partial charge in [-0.25, -0.2) is 4.79 Å². The van der Waals surface area contributed by atoms with Crippen molar-refractivity contribution in [3.63, 3.8) is 0 Å². The first-order chi connectivity index (χ1) is 8.18. The molecule has 0 radical (unpaired) electrons. The van der Waals surface area contributed by atoms with Gasteiger partial charge in [0.15, 0.2) is 0 Å². The number of carbonyl (C=O) groups excluding carboxylic acids is 1. The Balaban J connectivity index is 1.69. The first-order valence-electron chi connectivity index (χ1n) is 5.89. The van der Waals surface area contributed by atoms with Crippen LogP contribution in [0.5, 0.6) is 0 Å². The average Bonchev–Trinajstić information content (AvgIpc) is 2.85. The molecule has 2 amide bonds. The van der Waals surface area contributed by atoms with E-state index in [1.165, 1.54) is 11.3 Å². The number of carbonyl (C=O) groups is 1. The van der Waals surface area contributed by atoms with Crippen LogP contribution in [-0.2, 0) is 13.6 Å². The molecule has 1 saturated heterocycles. The number of rotatable bonds is 5. The molecule has 2 heterocycles. The standard InChI is InChI=1S/C11H19N5O/c1-9-10(8-14-15(9)2)7-12-3-5-16-6-4-13-11(16)17/h8,12H,3-7H2,1-2H3,(H,13,17). The van der Waals surface area contributed by atoms with Crippen molar-refractivity contribution in [3.8, 4) is 0 Å². The molecule has 6 nitrogen and oxygen atoms in total. The van der Waals surface area contributed by atoms with E-state index in [4.69, 9.17) is 0 Å². The number of urea groups is 1. The largest absolute Gasteiger partial charge is 0.336 e. The zero-order chi connectivity index (χ0) is 12.3. The van der Waals surface area contributed by atoms with Gasteiger partial charge in [0.05, 0.1) is 6.20 Å². The van der Waals surface area contributed by atoms with E-state index in [9.17, 15) is 4.79 Å². The lowest BCUT2D eigenvalue weighted by Gasteiger charge is -2.14. The number of hydrogen-bond donors (Lipinski definition) is 2. The molecule has 94 valence electrons. The molecular weight excluding hydrogens is 218 g/mol. The molecule has 1 aliphatic heterocycles. The molecule has 1 aliphatic rings. The lowest BCUT2D eigenvalue weighted by Crippen LogP contribution is -2.34. The molecule has 1 fully saturated rings. The molecule has 0 bridgehead atoms. The maximum atomic E-state index is 11.3. The summed E-state index contributed by atoms with van der Waals surface area (Å²) in [6.07, 6.45) is 1.88. The predicted molar refractivity (Wildman–Crippen MR) is 64.6 cm³/mol. The third kappa shape index (κ3) is 2.76. The summed E-state index contributed by atoms with van der Waals surface area (Å²) in [7, 11) is 1.94. The SMILES string of the molecule is Cc1c(CNCCN2CCNC2=O)cnn1C. The van der Waals surface area contributed by atoms with Gasteiger partial charge in [0.1, 0.15) is 0 Å². The Morgan fingerprint density at radius 2 is 2.41 bits per heavy atom. The summed E-state index contributed by atoms with van der Waals surface area (Å²) in [4.78, 5) is 13.1. The summed E-state index contributed by atoms with van der Waals surface area (Å²) in [5.41, 5.74) is 2.38. The van der Waals surface area contributed by atoms with Gasteiger partial charge in [0.2, 0.25) is 0 Å². The maximum absolute atomic E-state index is 11.3. The summed E-state index contributed by atoms with van der Waals surface area (Å²) < 4.78 is 1.87. The molecule has 1 aromatic heterocycles. The highest BCUT2D eigenvalue weighted by Crippen LogP contribution is 2.04. The van der Waals surface area contributed by atoms with Gasteiger partial charge in [-0.3, -0.25) is 4.68 Å². The highest BCUT2D eigenvalue weighted by Gasteiger charge is 2.18. The highest BCUT2D eigenvalue weighted by molar-refractivity contribution is 5.76. The quantitative estimate of drug-likeness (QED) is 0.700. The van der Waals surface area contributed by atoms with Gasteiger partial charge in [0.25, 0.3) is 0 Å². The molecule has 0 unspecified atom stereocenters. The Kier molecular flexibility index (Phi) is 3.63. The Morgan fingerprint density at radius 3 is 3.00 bits per heavy atom. The van der Waals surface area contributed by atoms with Crippen LogP contribution < -0.4 is 10.6 Å². The van der Waals surface area contributed by atoms with Crippen molar-refractivity contribution in [1.29, 1.82) is 0 Å². The van der Waals surface area contributed by atoms with Crippen LogP contribution in [0.3, 0.4) is 0 Å². The minimum Gasteiger partial charge on any atom is -0.336 e. The number of aryl methyl sites for hydroxylation is 1. The Bertz CT molecular complexity index is 401. The molecule has 0 saturated carbocycles. The van der Waals surface area contributed by atoms with Crippen molar-refractivity contribution in [1.82, 2.24) is 25.3 Å². The summed E-state index contributed by atoms with van der Waals surface area (Å²) in [6.45, 7) is 5.99. The fourth-order valence-electron chi connectivity index (χ4n) is 1.88. The number of amides is 2. The van der Waals surface area contributed by atoms with E-state index in [1.807, 2.05) is 22.8 Å². The first-order valence-corrected chi connectivity index (χ1v) is 5.89. The van der Waals surface area contributed by atoms with Crippen LogP contribution in [0.2, 0.25) is 0 Å². The monoisotopic (exact) mass is 237 g/mol. The number of aromatic nitrogens is 2. The third-order valence-corrected chi connectivity index (χ3v) is 3.16. The minimum absolute atomic E-state index is 0.0457. The van der Waals surface area contributed by atoms with E-state index in [-0.39, 0.29) is 6.03 Å². The molecule has 0 spiro atoms. The van der Waals surface area contributed by atoms with Crippen LogP contribution >= 0.6 is 0 Å². The van der Waals surface area contributed by atoms with Gasteiger partial charge in [0, 0.05) is 51.0 Å². The van der Waals surface area contributed by atoms with Crippen molar-refractivity contribution in [2.75, 3.05) is 26.2 Å². The Morgan fingerprint density at radius 1 is 1.59 bits per heavy atom. The van der Waals surface area contributed by atoms with Gasteiger partial charge < -0.3 is 15.5 Å². The fourth-order valence-corrected chi connectivity index (χ4v) is 1.88. The second kappa shape index (κ2) is 5.18. The van der Waals surface area contributed by atoms with E-state index in [1.54, 1.807) is 0 Å². The zero-order valence-electron chi connectivity index (χ0n) is 10.4. The molecule has 17 heavy (non-hydrogen) atoms. The van der Waals surface area contributed by atoms with Crippen LogP contribution in [0.1, 0.15) is 11.3 Å². The second-order valence-electron chi connectivity index (χ2n) is 4.27. The van der Waals surface area contributed by atoms with Gasteiger partial charge in [-0.1, -0.05) is 0 Å². The highest BCUT2D eigenvalue weighted by atomic mass is 16.2. The van der Waals surface area contributed by atoms with Crippen LogP contribution in [0.4, 0.5) is 4.79 Å². The molecule has 1 aromatic rings. The molecule has 2 rings (SSSR count). The van der Waals surface area contributed by atoms with Crippen molar-refractivity contribution in [2.24, 2.45) is 7.05 Å². The van der Waals surface area contributed by atoms with E-state index in [2.05, 4.69) is 22.7 Å². The van der Waals surface area contributed by atoms with Gasteiger partial charge in [-0.15, -0.1) is 0 Å². The van der Waals surface area contributed by atoms with E-state index in [0.29, 0.717) is 0 Å². The number of nitrogens with zero attached hydrogens (tertiary/aromatic N) is 3. The lowest BCUT2D eigenvalue weighted by molar-refractivity contribution is 0.217. The number of nitrogens with one attached hydrogen (secondary N) is 2. The summed E-state index contributed by atoms with van der Waals surface area (Å²) in [6, 6.07) is 0.0457. The maximum Gasteiger partial charge on any atom is 0.317 e. The Hall–Kier alpha value is -1.56. The van der Waals surface area contributed by atoms with Crippen LogP contribution in [0.15, 0.2) is 6.20 Å². The van der Waals surface area contributed by atoms with Crippen molar-refractivity contribution >= 4 is 6.03 Å². The van der Waals surface area contributed by atoms with Gasteiger partial charge in [-0.05, 0) is 6.92 Å². The lowest BCUT2D eigenvalue weighted by atomic mass is 10.2. The average molecular weight is 237 g/mol. The van der Waals surface area contributed by atoms with Crippen molar-refractivity contribution < 1.29 is 4.79 Å². The molecule has 0 atom stereocenters. The van der Waals surface area contributed by atoms with Crippen LogP contribution in [-0.4, -0.2) is 46.9 Å². The van der Waals surface area contributed by atoms with Gasteiger partial charge >= 0.3 is 6.03 Å². The molecule has 0 aliphatic carbocycles. The zero-order valence-corrected chi connectivity index (χ0v) is 10.4. The number of hydrogen-bond acceptors (Lipinski definition) is 3. The molecule has 6 heteroatoms. The predicted octanol–water partition coefficient (Wildman–Crippen LogP) is -0.157. The van der Waals surface area contributed by atoms with E-state index >= 15 is 0 Å². The van der Waals surface area contributed by atoms with Crippen molar-refractivity contribution in [2.45, 2.75) is 13.5 Å². The summed E-state index contributed by atoms with van der Waals surface area (Å²) in [5, 5.41) is 10.3. The third-order valence-electron chi connectivity index (χ3n) is 3.16. The van der Waals surface area contributed by atoms with Crippen LogP contribution in [0, 0.1) is 6.92 Å². The second-order valence-corrected chi connectivity index (χ2v) is 4.27. The molecule has 0 aromatic carbocycles. The minimum atomic E-state index is 0.0457. The van der Waals surface area contributed by atoms with Crippen LogP contribution in [0.25, 0.3) is 0 Å². The fraction of sp³-hybridized carbons (Fsp3) is 0.636. The smallest absolute Gasteiger partial charge is 0.317 e. The first kappa shape index (κ1) is 11.9. The summed E-state index contributed by atoms with van der Waals surface area (Å²) in [5.74, 6) is 0. The molecule has 2 N–H and O–H groups in total. The van der Waals surface area contributed by atoms with Gasteiger partial charge in [-0.2, -0.15) is 5.10 Å². The van der Waals surface area contributed by atoms with E-state index in [0.717, 1.165) is 32.7 Å². The normalized spacial score (nSPS) is 15.4.